The molecule has 0 fully saturated rings. The number of aliphatic hydroxyl groups excluding tert-OH is 1. The number of esters is 1. The van der Waals surface area contributed by atoms with Gasteiger partial charge in [-0.05, 0) is 29.8 Å². The van der Waals surface area contributed by atoms with Gasteiger partial charge in [0.15, 0.2) is 47.4 Å². The molecule has 0 spiro atoms. The number of phenolic OH excluding ortho intramolecular Hbond substituents is 3. The number of carbonyl (C=O) groups excluding carboxylic acids is 2. The normalized spacial score (nSPS) is 21.7. The van der Waals surface area contributed by atoms with E-state index in [1.807, 2.05) is 0 Å². The van der Waals surface area contributed by atoms with Gasteiger partial charge in [-0.2, -0.15) is 0 Å². The summed E-state index contributed by atoms with van der Waals surface area (Å²) in [6.45, 7) is 1.16. The minimum absolute atomic E-state index is 0.0716. The van der Waals surface area contributed by atoms with Gasteiger partial charge in [-0.3, -0.25) is 9.59 Å². The average Bonchev–Trinajstić information content (AvgIpc) is 2.88. The maximum absolute atomic E-state index is 12.8. The highest BCUT2D eigenvalue weighted by Crippen LogP contribution is 2.46. The lowest BCUT2D eigenvalue weighted by molar-refractivity contribution is -0.145. The van der Waals surface area contributed by atoms with E-state index in [1.165, 1.54) is 32.2 Å². The Bertz CT molecular complexity index is 1420. The molecule has 4 N–H and O–H groups in total. The number of carbonyl (C=O) groups is 2. The van der Waals surface area contributed by atoms with Crippen molar-refractivity contribution in [3.63, 3.8) is 0 Å². The van der Waals surface area contributed by atoms with E-state index in [9.17, 15) is 30.0 Å². The summed E-state index contributed by atoms with van der Waals surface area (Å²) in [7, 11) is 1.41. The van der Waals surface area contributed by atoms with Crippen LogP contribution in [-0.2, 0) is 9.53 Å². The van der Waals surface area contributed by atoms with Gasteiger partial charge < -0.3 is 44.1 Å². The molecule has 0 bridgehead atoms. The Kier molecular flexibility index (Phi) is 6.37. The Labute approximate surface area is 216 Å². The van der Waals surface area contributed by atoms with E-state index < -0.39 is 41.9 Å². The summed E-state index contributed by atoms with van der Waals surface area (Å²) in [4.78, 5) is 24.3. The fourth-order valence-corrected chi connectivity index (χ4v) is 4.47. The maximum atomic E-state index is 12.8. The molecule has 0 saturated carbocycles. The summed E-state index contributed by atoms with van der Waals surface area (Å²) >= 11 is 0. The van der Waals surface area contributed by atoms with Gasteiger partial charge in [0.2, 0.25) is 5.78 Å². The topological polar surface area (TPSA) is 161 Å². The SMILES string of the molecule is COc1cc([C@@H]2Oc3cc([C@H]4Oc5cc(O)cc(O)c5C(=O)[C@@H]4O)ccc3O[C@H]2COC(C)=O)ccc1O. The van der Waals surface area contributed by atoms with Crippen molar-refractivity contribution in [1.29, 1.82) is 0 Å². The van der Waals surface area contributed by atoms with E-state index in [0.29, 0.717) is 16.9 Å². The van der Waals surface area contributed by atoms with Crippen LogP contribution in [0.4, 0.5) is 0 Å². The zero-order valence-corrected chi connectivity index (χ0v) is 20.3. The van der Waals surface area contributed by atoms with Crippen LogP contribution in [0.2, 0.25) is 0 Å². The number of aromatic hydroxyl groups is 3. The minimum atomic E-state index is -1.64. The smallest absolute Gasteiger partial charge is 0.302 e. The van der Waals surface area contributed by atoms with Gasteiger partial charge in [0.1, 0.15) is 29.4 Å². The number of phenols is 3. The molecule has 2 heterocycles. The Balaban J connectivity index is 1.50. The summed E-state index contributed by atoms with van der Waals surface area (Å²) in [5.41, 5.74) is 0.706. The first kappa shape index (κ1) is 25.0. The third-order valence-corrected chi connectivity index (χ3v) is 6.27. The van der Waals surface area contributed by atoms with E-state index in [-0.39, 0.29) is 40.9 Å². The lowest BCUT2D eigenvalue weighted by Crippen LogP contribution is -2.38. The average molecular weight is 524 g/mol. The molecule has 0 amide bonds. The fourth-order valence-electron chi connectivity index (χ4n) is 4.47. The zero-order valence-electron chi connectivity index (χ0n) is 20.3. The Morgan fingerprint density at radius 1 is 0.868 bits per heavy atom. The number of methoxy groups -OCH3 is 1. The van der Waals surface area contributed by atoms with Crippen molar-refractivity contribution >= 4 is 11.8 Å². The Morgan fingerprint density at radius 3 is 2.32 bits per heavy atom. The summed E-state index contributed by atoms with van der Waals surface area (Å²) in [5, 5.41) is 40.6. The molecule has 38 heavy (non-hydrogen) atoms. The van der Waals surface area contributed by atoms with Crippen LogP contribution in [0.15, 0.2) is 48.5 Å². The largest absolute Gasteiger partial charge is 0.508 e. The van der Waals surface area contributed by atoms with Crippen LogP contribution in [0.5, 0.6) is 40.2 Å². The molecule has 4 atom stereocenters. The molecule has 198 valence electrons. The first-order chi connectivity index (χ1) is 18.2. The molecule has 0 aromatic heterocycles. The molecule has 0 radical (unpaired) electrons. The van der Waals surface area contributed by atoms with E-state index >= 15 is 0 Å². The van der Waals surface area contributed by atoms with Crippen LogP contribution >= 0.6 is 0 Å². The molecule has 11 nitrogen and oxygen atoms in total. The fraction of sp³-hybridized carbons (Fsp3) is 0.259. The van der Waals surface area contributed by atoms with Crippen molar-refractivity contribution in [3.8, 4) is 40.2 Å². The third-order valence-electron chi connectivity index (χ3n) is 6.27. The van der Waals surface area contributed by atoms with Crippen LogP contribution in [0.1, 0.15) is 40.6 Å². The zero-order chi connectivity index (χ0) is 27.1. The van der Waals surface area contributed by atoms with Crippen LogP contribution in [0.3, 0.4) is 0 Å². The van der Waals surface area contributed by atoms with E-state index in [4.69, 9.17) is 23.7 Å². The molecule has 5 rings (SSSR count). The number of hydrogen-bond acceptors (Lipinski definition) is 11. The predicted molar refractivity (Wildman–Crippen MR) is 129 cm³/mol. The van der Waals surface area contributed by atoms with Crippen LogP contribution in [0, 0.1) is 0 Å². The number of fused-ring (bicyclic) bond motifs is 2. The molecule has 2 aliphatic heterocycles. The van der Waals surface area contributed by atoms with Gasteiger partial charge >= 0.3 is 5.97 Å². The molecule has 2 aliphatic rings. The first-order valence-electron chi connectivity index (χ1n) is 11.6. The standard InChI is InChI=1S/C27H24O11/c1-12(28)35-11-22-26(13-3-5-16(30)19(7-13)34-2)37-20-8-14(4-6-18(20)36-22)27-25(33)24(32)23-17(31)9-15(29)10-21(23)38-27/h3-10,22,25-27,29-31,33H,11H2,1-2H3/t22-,25-,26-,27+/m0/s1. The minimum Gasteiger partial charge on any atom is -0.508 e. The van der Waals surface area contributed by atoms with Crippen LogP contribution in [0.25, 0.3) is 0 Å². The van der Waals surface area contributed by atoms with Gasteiger partial charge in [0, 0.05) is 24.6 Å². The molecule has 0 saturated heterocycles. The number of benzene rings is 3. The number of rotatable bonds is 5. The monoisotopic (exact) mass is 524 g/mol. The molecule has 3 aromatic rings. The molecule has 3 aromatic carbocycles. The molecular formula is C27H24O11. The van der Waals surface area contributed by atoms with Gasteiger partial charge in [-0.25, -0.2) is 0 Å². The Hall–Kier alpha value is -4.64. The van der Waals surface area contributed by atoms with Gasteiger partial charge in [0.25, 0.3) is 0 Å². The number of ether oxygens (including phenoxy) is 5. The van der Waals surface area contributed by atoms with Gasteiger partial charge in [-0.15, -0.1) is 0 Å². The summed E-state index contributed by atoms with van der Waals surface area (Å²) < 4.78 is 28.5. The number of Topliss-reactive ketones (excluding diaryl/α,β-unsaturated/α-hetero) is 1. The highest BCUT2D eigenvalue weighted by Gasteiger charge is 2.40. The second-order valence-electron chi connectivity index (χ2n) is 8.82. The number of aliphatic hydroxyl groups is 1. The van der Waals surface area contributed by atoms with Crippen molar-refractivity contribution in [2.24, 2.45) is 0 Å². The molecule has 0 unspecified atom stereocenters. The predicted octanol–water partition coefficient (Wildman–Crippen LogP) is 2.93. The molecule has 11 heteroatoms. The highest BCUT2D eigenvalue weighted by atomic mass is 16.6. The summed E-state index contributed by atoms with van der Waals surface area (Å²) in [5.74, 6) is -1.44. The van der Waals surface area contributed by atoms with Crippen molar-refractivity contribution in [2.45, 2.75) is 31.3 Å². The van der Waals surface area contributed by atoms with E-state index in [0.717, 1.165) is 6.07 Å². The molecular weight excluding hydrogens is 500 g/mol. The van der Waals surface area contributed by atoms with Crippen LogP contribution < -0.4 is 18.9 Å². The van der Waals surface area contributed by atoms with Gasteiger partial charge in [0.05, 0.1) is 7.11 Å². The lowest BCUT2D eigenvalue weighted by atomic mass is 9.92. The van der Waals surface area contributed by atoms with Crippen molar-refractivity contribution in [2.75, 3.05) is 13.7 Å². The van der Waals surface area contributed by atoms with E-state index in [2.05, 4.69) is 0 Å². The van der Waals surface area contributed by atoms with Gasteiger partial charge in [-0.1, -0.05) is 12.1 Å². The van der Waals surface area contributed by atoms with E-state index in [1.54, 1.807) is 24.3 Å². The van der Waals surface area contributed by atoms with Crippen molar-refractivity contribution < 1.29 is 53.7 Å². The number of ketones is 1. The second-order valence-corrected chi connectivity index (χ2v) is 8.82. The lowest BCUT2D eigenvalue weighted by Gasteiger charge is -2.35. The molecule has 0 aliphatic carbocycles. The summed E-state index contributed by atoms with van der Waals surface area (Å²) in [6.07, 6.45) is -4.35. The van der Waals surface area contributed by atoms with Crippen LogP contribution in [-0.4, -0.2) is 58.1 Å². The maximum Gasteiger partial charge on any atom is 0.302 e. The Morgan fingerprint density at radius 2 is 1.58 bits per heavy atom. The van der Waals surface area contributed by atoms with Crippen molar-refractivity contribution in [3.05, 3.63) is 65.2 Å². The summed E-state index contributed by atoms with van der Waals surface area (Å²) in [6, 6.07) is 11.5. The highest BCUT2D eigenvalue weighted by molar-refractivity contribution is 6.05. The second kappa shape index (κ2) is 9.67. The quantitative estimate of drug-likeness (QED) is 0.363. The third kappa shape index (κ3) is 4.48. The first-order valence-corrected chi connectivity index (χ1v) is 11.6. The van der Waals surface area contributed by atoms with Crippen molar-refractivity contribution in [1.82, 2.24) is 0 Å². The number of hydrogen-bond donors (Lipinski definition) is 4.